The number of hydrogen-bond donors (Lipinski definition) is 3. The van der Waals surface area contributed by atoms with Gasteiger partial charge in [0.05, 0.1) is 6.33 Å². The molecule has 0 aromatic carbocycles. The summed E-state index contributed by atoms with van der Waals surface area (Å²) in [6, 6.07) is -0.199. The number of aromatic carboxylic acids is 1. The number of nitrogens with one attached hydrogen (secondary N) is 2. The number of rotatable bonds is 8. The molecule has 112 valence electrons. The van der Waals surface area contributed by atoms with Gasteiger partial charge in [0.1, 0.15) is 0 Å². The summed E-state index contributed by atoms with van der Waals surface area (Å²) in [5, 5.41) is 14.3. The molecule has 0 saturated carbocycles. The fourth-order valence-electron chi connectivity index (χ4n) is 1.77. The van der Waals surface area contributed by atoms with Crippen LogP contribution in [0.1, 0.15) is 37.2 Å². The topological polar surface area (TPSA) is 96.3 Å². The van der Waals surface area contributed by atoms with E-state index >= 15 is 0 Å². The largest absolute Gasteiger partial charge is 0.476 e. The molecule has 0 bridgehead atoms. The number of carboxylic acid groups (broad SMARTS) is 1. The van der Waals surface area contributed by atoms with Crippen molar-refractivity contribution in [1.29, 1.82) is 0 Å². The van der Waals surface area contributed by atoms with Crippen molar-refractivity contribution in [1.82, 2.24) is 20.2 Å². The van der Waals surface area contributed by atoms with E-state index in [1.807, 2.05) is 0 Å². The molecule has 7 heteroatoms. The van der Waals surface area contributed by atoms with Crippen molar-refractivity contribution in [2.75, 3.05) is 13.1 Å². The van der Waals surface area contributed by atoms with Gasteiger partial charge in [-0.3, -0.25) is 0 Å². The number of carboxylic acids is 1. The summed E-state index contributed by atoms with van der Waals surface area (Å²) >= 11 is 0. The van der Waals surface area contributed by atoms with Gasteiger partial charge in [-0.25, -0.2) is 14.6 Å². The summed E-state index contributed by atoms with van der Waals surface area (Å²) < 4.78 is 1.63. The van der Waals surface area contributed by atoms with E-state index in [9.17, 15) is 9.59 Å². The van der Waals surface area contributed by atoms with Crippen LogP contribution in [0.15, 0.2) is 12.5 Å². The molecule has 2 amide bonds. The lowest BCUT2D eigenvalue weighted by Gasteiger charge is -2.13. The van der Waals surface area contributed by atoms with Gasteiger partial charge in [0.15, 0.2) is 5.69 Å². The summed E-state index contributed by atoms with van der Waals surface area (Å²) in [6.07, 6.45) is 4.97. The van der Waals surface area contributed by atoms with Gasteiger partial charge in [0.25, 0.3) is 0 Å². The standard InChI is InChI=1S/C13H22N4O3/c1-3-10(4-2)7-15-13(20)14-5-6-17-8-11(12(18)19)16-9-17/h8-10H,3-7H2,1-2H3,(H,18,19)(H2,14,15,20). The van der Waals surface area contributed by atoms with E-state index in [0.29, 0.717) is 25.6 Å². The zero-order valence-electron chi connectivity index (χ0n) is 11.9. The van der Waals surface area contributed by atoms with E-state index in [0.717, 1.165) is 12.8 Å². The maximum atomic E-state index is 11.5. The first-order chi connectivity index (χ1) is 9.56. The summed E-state index contributed by atoms with van der Waals surface area (Å²) in [7, 11) is 0. The second-order valence-electron chi connectivity index (χ2n) is 4.62. The second kappa shape index (κ2) is 8.19. The Labute approximate surface area is 118 Å². The molecule has 1 heterocycles. The number of imidazole rings is 1. The lowest BCUT2D eigenvalue weighted by molar-refractivity contribution is 0.0691. The molecule has 0 atom stereocenters. The van der Waals surface area contributed by atoms with E-state index in [1.54, 1.807) is 4.57 Å². The SMILES string of the molecule is CCC(CC)CNC(=O)NCCn1cnc(C(=O)O)c1. The zero-order chi connectivity index (χ0) is 15.0. The number of carbonyl (C=O) groups is 2. The Hall–Kier alpha value is -2.05. The quantitative estimate of drug-likeness (QED) is 0.670. The Balaban J connectivity index is 2.22. The predicted molar refractivity (Wildman–Crippen MR) is 74.7 cm³/mol. The first-order valence-electron chi connectivity index (χ1n) is 6.83. The Morgan fingerprint density at radius 3 is 2.60 bits per heavy atom. The Morgan fingerprint density at radius 2 is 2.05 bits per heavy atom. The molecule has 3 N–H and O–H groups in total. The number of carbonyl (C=O) groups excluding carboxylic acids is 1. The van der Waals surface area contributed by atoms with Crippen LogP contribution >= 0.6 is 0 Å². The van der Waals surface area contributed by atoms with Crippen LogP contribution in [0.2, 0.25) is 0 Å². The molecule has 1 rings (SSSR count). The maximum absolute atomic E-state index is 11.5. The van der Waals surface area contributed by atoms with Gasteiger partial charge in [0.2, 0.25) is 0 Å². The highest BCUT2D eigenvalue weighted by Crippen LogP contribution is 2.04. The molecule has 0 fully saturated rings. The molecule has 0 saturated heterocycles. The van der Waals surface area contributed by atoms with Crippen molar-refractivity contribution in [3.05, 3.63) is 18.2 Å². The number of amides is 2. The highest BCUT2D eigenvalue weighted by atomic mass is 16.4. The predicted octanol–water partition coefficient (Wildman–Crippen LogP) is 1.32. The van der Waals surface area contributed by atoms with Crippen molar-refractivity contribution in [2.24, 2.45) is 5.92 Å². The van der Waals surface area contributed by atoms with Crippen LogP contribution in [0.4, 0.5) is 4.79 Å². The van der Waals surface area contributed by atoms with Crippen LogP contribution in [-0.4, -0.2) is 39.7 Å². The Kier molecular flexibility index (Phi) is 6.55. The lowest BCUT2D eigenvalue weighted by Crippen LogP contribution is -2.39. The zero-order valence-corrected chi connectivity index (χ0v) is 11.9. The third kappa shape index (κ3) is 5.29. The van der Waals surface area contributed by atoms with Crippen molar-refractivity contribution >= 4 is 12.0 Å². The fourth-order valence-corrected chi connectivity index (χ4v) is 1.77. The van der Waals surface area contributed by atoms with E-state index in [4.69, 9.17) is 5.11 Å². The van der Waals surface area contributed by atoms with Gasteiger partial charge in [-0.2, -0.15) is 0 Å². The lowest BCUT2D eigenvalue weighted by atomic mass is 10.0. The summed E-state index contributed by atoms with van der Waals surface area (Å²) in [6.45, 7) is 5.79. The van der Waals surface area contributed by atoms with E-state index < -0.39 is 5.97 Å². The van der Waals surface area contributed by atoms with Crippen LogP contribution in [-0.2, 0) is 6.54 Å². The van der Waals surface area contributed by atoms with Gasteiger partial charge >= 0.3 is 12.0 Å². The number of urea groups is 1. The highest BCUT2D eigenvalue weighted by Gasteiger charge is 2.07. The van der Waals surface area contributed by atoms with Crippen LogP contribution in [0.25, 0.3) is 0 Å². The van der Waals surface area contributed by atoms with Gasteiger partial charge in [-0.05, 0) is 5.92 Å². The smallest absolute Gasteiger partial charge is 0.356 e. The van der Waals surface area contributed by atoms with E-state index in [1.165, 1.54) is 12.5 Å². The molecule has 7 nitrogen and oxygen atoms in total. The van der Waals surface area contributed by atoms with Crippen molar-refractivity contribution in [3.8, 4) is 0 Å². The Morgan fingerprint density at radius 1 is 1.35 bits per heavy atom. The Bertz CT molecular complexity index is 441. The molecule has 0 aliphatic heterocycles. The molecule has 20 heavy (non-hydrogen) atoms. The minimum Gasteiger partial charge on any atom is -0.476 e. The summed E-state index contributed by atoms with van der Waals surface area (Å²) in [4.78, 5) is 25.9. The van der Waals surface area contributed by atoms with Gasteiger partial charge in [-0.1, -0.05) is 26.7 Å². The van der Waals surface area contributed by atoms with Gasteiger partial charge in [-0.15, -0.1) is 0 Å². The maximum Gasteiger partial charge on any atom is 0.356 e. The summed E-state index contributed by atoms with van der Waals surface area (Å²) in [5.74, 6) is -0.549. The first-order valence-corrected chi connectivity index (χ1v) is 6.83. The molecular weight excluding hydrogens is 260 g/mol. The average molecular weight is 282 g/mol. The number of nitrogens with zero attached hydrogens (tertiary/aromatic N) is 2. The van der Waals surface area contributed by atoms with Crippen molar-refractivity contribution in [3.63, 3.8) is 0 Å². The molecule has 0 unspecified atom stereocenters. The first kappa shape index (κ1) is 16.0. The molecule has 1 aromatic heterocycles. The third-order valence-corrected chi connectivity index (χ3v) is 3.21. The van der Waals surface area contributed by atoms with Gasteiger partial charge in [0, 0.05) is 25.8 Å². The fraction of sp³-hybridized carbons (Fsp3) is 0.615. The normalized spacial score (nSPS) is 10.6. The van der Waals surface area contributed by atoms with E-state index in [-0.39, 0.29) is 11.7 Å². The van der Waals surface area contributed by atoms with Crippen LogP contribution < -0.4 is 10.6 Å². The average Bonchev–Trinajstić information content (AvgIpc) is 2.89. The molecule has 1 aromatic rings. The summed E-state index contributed by atoms with van der Waals surface area (Å²) in [5.41, 5.74) is 0.00295. The number of hydrogen-bond acceptors (Lipinski definition) is 3. The van der Waals surface area contributed by atoms with Gasteiger partial charge < -0.3 is 20.3 Å². The third-order valence-electron chi connectivity index (χ3n) is 3.21. The molecule has 0 radical (unpaired) electrons. The highest BCUT2D eigenvalue weighted by molar-refractivity contribution is 5.84. The minimum atomic E-state index is -1.06. The molecular formula is C13H22N4O3. The number of aromatic nitrogens is 2. The van der Waals surface area contributed by atoms with Crippen LogP contribution in [0.5, 0.6) is 0 Å². The van der Waals surface area contributed by atoms with Crippen LogP contribution in [0, 0.1) is 5.92 Å². The van der Waals surface area contributed by atoms with Crippen LogP contribution in [0.3, 0.4) is 0 Å². The second-order valence-corrected chi connectivity index (χ2v) is 4.62. The minimum absolute atomic E-state index is 0.00295. The van der Waals surface area contributed by atoms with Crippen molar-refractivity contribution in [2.45, 2.75) is 33.2 Å². The monoisotopic (exact) mass is 282 g/mol. The molecule has 0 spiro atoms. The van der Waals surface area contributed by atoms with E-state index in [2.05, 4.69) is 29.5 Å². The van der Waals surface area contributed by atoms with Crippen molar-refractivity contribution < 1.29 is 14.7 Å². The molecule has 0 aliphatic carbocycles. The molecule has 0 aliphatic rings.